The van der Waals surface area contributed by atoms with Crippen molar-refractivity contribution in [2.45, 2.75) is 38.2 Å². The van der Waals surface area contributed by atoms with Crippen LogP contribution in [0.4, 0.5) is 0 Å². The van der Waals surface area contributed by atoms with Gasteiger partial charge in [-0.3, -0.25) is 5.32 Å². The summed E-state index contributed by atoms with van der Waals surface area (Å²) in [4.78, 5) is 0. The van der Waals surface area contributed by atoms with Gasteiger partial charge < -0.3 is 0 Å². The first-order valence-electron chi connectivity index (χ1n) is 3.60. The molecule has 1 heterocycles. The molecule has 54 valence electrons. The Hall–Kier alpha value is 0.250. The summed E-state index contributed by atoms with van der Waals surface area (Å²) in [5.41, 5.74) is 0.203. The summed E-state index contributed by atoms with van der Waals surface area (Å²) in [5.74, 6) is 0.642. The zero-order valence-electron chi connectivity index (χ0n) is 6.02. The quantitative estimate of drug-likeness (QED) is 0.408. The molecule has 0 aromatic carbocycles. The van der Waals surface area contributed by atoms with Gasteiger partial charge in [-0.25, -0.2) is 0 Å². The lowest BCUT2D eigenvalue weighted by atomic mass is 9.97. The summed E-state index contributed by atoms with van der Waals surface area (Å²) >= 11 is 5.95. The minimum atomic E-state index is 0.203. The van der Waals surface area contributed by atoms with E-state index < -0.39 is 0 Å². The van der Waals surface area contributed by atoms with E-state index in [2.05, 4.69) is 19.2 Å². The minimum absolute atomic E-state index is 0.203. The first-order valence-corrected chi connectivity index (χ1v) is 4.04. The number of rotatable bonds is 0. The van der Waals surface area contributed by atoms with Crippen LogP contribution < -0.4 is 5.32 Å². The molecular weight excluding hydrogens is 134 g/mol. The van der Waals surface area contributed by atoms with Crippen molar-refractivity contribution in [3.8, 4) is 0 Å². The molecule has 3 atom stereocenters. The Balaban J connectivity index is 2.35. The van der Waals surface area contributed by atoms with Gasteiger partial charge in [0.1, 0.15) is 0 Å². The van der Waals surface area contributed by atoms with Crippen LogP contribution in [-0.4, -0.2) is 11.5 Å². The standard InChI is InChI=1S/C7H14ClN/c1-5-3-4-6(2)9-7(5)8/h5-7,9H,3-4H2,1-2H3. The van der Waals surface area contributed by atoms with Gasteiger partial charge in [0, 0.05) is 6.04 Å². The predicted molar refractivity (Wildman–Crippen MR) is 40.6 cm³/mol. The third kappa shape index (κ3) is 1.84. The van der Waals surface area contributed by atoms with Crippen LogP contribution in [0.3, 0.4) is 0 Å². The molecule has 0 saturated carbocycles. The van der Waals surface area contributed by atoms with Crippen molar-refractivity contribution in [1.29, 1.82) is 0 Å². The number of nitrogens with one attached hydrogen (secondary N) is 1. The molecule has 0 bridgehead atoms. The molecule has 2 heteroatoms. The van der Waals surface area contributed by atoms with Gasteiger partial charge in [-0.2, -0.15) is 0 Å². The minimum Gasteiger partial charge on any atom is -0.299 e. The number of halogens is 1. The van der Waals surface area contributed by atoms with Gasteiger partial charge in [-0.05, 0) is 25.7 Å². The Bertz CT molecular complexity index is 94.9. The smallest absolute Gasteiger partial charge is 0.0853 e. The zero-order chi connectivity index (χ0) is 6.85. The highest BCUT2D eigenvalue weighted by atomic mass is 35.5. The Morgan fingerprint density at radius 3 is 2.44 bits per heavy atom. The summed E-state index contributed by atoms with van der Waals surface area (Å²) in [6, 6.07) is 0.615. The van der Waals surface area contributed by atoms with Gasteiger partial charge in [-0.1, -0.05) is 6.92 Å². The van der Waals surface area contributed by atoms with E-state index in [1.807, 2.05) is 0 Å². The van der Waals surface area contributed by atoms with Gasteiger partial charge in [0.25, 0.3) is 0 Å². The van der Waals surface area contributed by atoms with E-state index >= 15 is 0 Å². The van der Waals surface area contributed by atoms with E-state index in [9.17, 15) is 0 Å². The summed E-state index contributed by atoms with van der Waals surface area (Å²) in [7, 11) is 0. The van der Waals surface area contributed by atoms with Crippen LogP contribution >= 0.6 is 11.6 Å². The molecule has 1 rings (SSSR count). The molecule has 0 aromatic heterocycles. The van der Waals surface area contributed by atoms with E-state index in [1.54, 1.807) is 0 Å². The first-order chi connectivity index (χ1) is 4.20. The first kappa shape index (κ1) is 7.36. The number of alkyl halides is 1. The van der Waals surface area contributed by atoms with Crippen molar-refractivity contribution < 1.29 is 0 Å². The Kier molecular flexibility index (Phi) is 2.36. The lowest BCUT2D eigenvalue weighted by Gasteiger charge is -2.29. The number of hydrogen-bond donors (Lipinski definition) is 1. The average Bonchev–Trinajstić information content (AvgIpc) is 1.80. The monoisotopic (exact) mass is 147 g/mol. The van der Waals surface area contributed by atoms with Gasteiger partial charge in [0.15, 0.2) is 0 Å². The van der Waals surface area contributed by atoms with E-state index in [-0.39, 0.29) is 5.50 Å². The maximum atomic E-state index is 5.95. The van der Waals surface area contributed by atoms with E-state index in [0.29, 0.717) is 12.0 Å². The van der Waals surface area contributed by atoms with Crippen LogP contribution in [0, 0.1) is 5.92 Å². The van der Waals surface area contributed by atoms with E-state index in [1.165, 1.54) is 12.8 Å². The highest BCUT2D eigenvalue weighted by Crippen LogP contribution is 2.20. The van der Waals surface area contributed by atoms with Crippen LogP contribution in [0.2, 0.25) is 0 Å². The van der Waals surface area contributed by atoms with Crippen LogP contribution in [0.25, 0.3) is 0 Å². The largest absolute Gasteiger partial charge is 0.299 e. The summed E-state index contributed by atoms with van der Waals surface area (Å²) in [6.07, 6.45) is 2.53. The van der Waals surface area contributed by atoms with Crippen molar-refractivity contribution in [3.05, 3.63) is 0 Å². The van der Waals surface area contributed by atoms with E-state index in [0.717, 1.165) is 0 Å². The Morgan fingerprint density at radius 2 is 2.00 bits per heavy atom. The Morgan fingerprint density at radius 1 is 1.33 bits per heavy atom. The topological polar surface area (TPSA) is 12.0 Å². The molecule has 1 saturated heterocycles. The molecule has 0 amide bonds. The molecule has 0 aliphatic carbocycles. The fourth-order valence-electron chi connectivity index (χ4n) is 1.18. The van der Waals surface area contributed by atoms with Crippen molar-refractivity contribution in [2.24, 2.45) is 5.92 Å². The van der Waals surface area contributed by atoms with Gasteiger partial charge >= 0.3 is 0 Å². The highest BCUT2D eigenvalue weighted by molar-refractivity contribution is 6.20. The summed E-state index contributed by atoms with van der Waals surface area (Å²) in [6.45, 7) is 4.37. The second kappa shape index (κ2) is 2.89. The molecule has 9 heavy (non-hydrogen) atoms. The van der Waals surface area contributed by atoms with Crippen LogP contribution in [0.15, 0.2) is 0 Å². The summed E-state index contributed by atoms with van der Waals surface area (Å²) in [5, 5.41) is 3.29. The van der Waals surface area contributed by atoms with Crippen molar-refractivity contribution in [3.63, 3.8) is 0 Å². The Labute approximate surface area is 61.8 Å². The number of hydrogen-bond acceptors (Lipinski definition) is 1. The lowest BCUT2D eigenvalue weighted by Crippen LogP contribution is -2.41. The molecule has 1 fully saturated rings. The third-order valence-corrected chi connectivity index (χ3v) is 2.55. The zero-order valence-corrected chi connectivity index (χ0v) is 6.78. The van der Waals surface area contributed by atoms with Crippen LogP contribution in [-0.2, 0) is 0 Å². The molecule has 3 unspecified atom stereocenters. The fraction of sp³-hybridized carbons (Fsp3) is 1.00. The second-order valence-electron chi connectivity index (χ2n) is 3.02. The molecule has 0 spiro atoms. The maximum Gasteiger partial charge on any atom is 0.0853 e. The maximum absolute atomic E-state index is 5.95. The van der Waals surface area contributed by atoms with E-state index in [4.69, 9.17) is 11.6 Å². The number of piperidine rings is 1. The van der Waals surface area contributed by atoms with Crippen LogP contribution in [0.1, 0.15) is 26.7 Å². The molecule has 1 N–H and O–H groups in total. The normalized spacial score (nSPS) is 45.0. The molecule has 1 nitrogen and oxygen atoms in total. The molecule has 0 aromatic rings. The van der Waals surface area contributed by atoms with Gasteiger partial charge in [-0.15, -0.1) is 11.6 Å². The van der Waals surface area contributed by atoms with Gasteiger partial charge in [0.05, 0.1) is 5.50 Å². The van der Waals surface area contributed by atoms with Gasteiger partial charge in [0.2, 0.25) is 0 Å². The molecule has 1 aliphatic heterocycles. The lowest BCUT2D eigenvalue weighted by molar-refractivity contribution is 0.315. The molecule has 1 aliphatic rings. The SMILES string of the molecule is CC1CCC(C)C(Cl)N1. The van der Waals surface area contributed by atoms with Crippen molar-refractivity contribution >= 4 is 11.6 Å². The predicted octanol–water partition coefficient (Wildman–Crippen LogP) is 1.96. The van der Waals surface area contributed by atoms with Crippen molar-refractivity contribution in [2.75, 3.05) is 0 Å². The third-order valence-electron chi connectivity index (χ3n) is 2.00. The second-order valence-corrected chi connectivity index (χ2v) is 3.49. The summed E-state index contributed by atoms with van der Waals surface area (Å²) < 4.78 is 0. The van der Waals surface area contributed by atoms with Crippen LogP contribution in [0.5, 0.6) is 0 Å². The molecular formula is C7H14ClN. The van der Waals surface area contributed by atoms with Crippen molar-refractivity contribution in [1.82, 2.24) is 5.32 Å². The fourth-order valence-corrected chi connectivity index (χ4v) is 1.52. The average molecular weight is 148 g/mol. The molecule has 0 radical (unpaired) electrons. The highest BCUT2D eigenvalue weighted by Gasteiger charge is 2.21.